The van der Waals surface area contributed by atoms with Gasteiger partial charge in [-0.15, -0.1) is 0 Å². The predicted molar refractivity (Wildman–Crippen MR) is 104 cm³/mol. The molecule has 10 nitrogen and oxygen atoms in total. The average Bonchev–Trinajstić information content (AvgIpc) is 3.17. The largest absolute Gasteiger partial charge is 0.493 e. The van der Waals surface area contributed by atoms with E-state index in [1.54, 1.807) is 17.0 Å². The molecule has 0 spiro atoms. The van der Waals surface area contributed by atoms with Crippen LogP contribution in [0, 0.1) is 0 Å². The number of H-pyrrole nitrogens is 1. The molecule has 1 aliphatic heterocycles. The molecular weight excluding hydrogens is 400 g/mol. The molecule has 0 aliphatic carbocycles. The normalized spacial score (nSPS) is 15.6. The highest BCUT2D eigenvalue weighted by Gasteiger charge is 2.30. The van der Waals surface area contributed by atoms with Gasteiger partial charge in [0.1, 0.15) is 0 Å². The summed E-state index contributed by atoms with van der Waals surface area (Å²) in [5, 5.41) is 0.0434. The van der Waals surface area contributed by atoms with Gasteiger partial charge >= 0.3 is 0 Å². The Bertz CT molecular complexity index is 936. The maximum Gasteiger partial charge on any atom is 0.260 e. The molecule has 1 N–H and O–H groups in total. The van der Waals surface area contributed by atoms with Crippen molar-refractivity contribution in [1.82, 2.24) is 19.2 Å². The summed E-state index contributed by atoms with van der Waals surface area (Å²) in [6.07, 6.45) is 3.12. The number of imidazole rings is 1. The van der Waals surface area contributed by atoms with Crippen LogP contribution in [0.1, 0.15) is 16.8 Å². The molecule has 11 heteroatoms. The summed E-state index contributed by atoms with van der Waals surface area (Å²) in [6.45, 7) is 1.21. The number of hydrogen-bond acceptors (Lipinski definition) is 7. The van der Waals surface area contributed by atoms with Crippen LogP contribution >= 0.6 is 0 Å². The predicted octanol–water partition coefficient (Wildman–Crippen LogP) is 0.972. The molecule has 3 rings (SSSR count). The van der Waals surface area contributed by atoms with Crippen LogP contribution in [0.25, 0.3) is 0 Å². The van der Waals surface area contributed by atoms with Crippen molar-refractivity contribution in [2.75, 3.05) is 47.5 Å². The quantitative estimate of drug-likeness (QED) is 0.735. The number of aromatic nitrogens is 2. The second-order valence-electron chi connectivity index (χ2n) is 6.38. The summed E-state index contributed by atoms with van der Waals surface area (Å²) < 4.78 is 42.7. The molecule has 158 valence electrons. The van der Waals surface area contributed by atoms with Gasteiger partial charge in [0.15, 0.2) is 16.5 Å². The van der Waals surface area contributed by atoms with E-state index < -0.39 is 10.0 Å². The third kappa shape index (κ3) is 4.15. The van der Waals surface area contributed by atoms with Crippen LogP contribution in [0.4, 0.5) is 0 Å². The first kappa shape index (κ1) is 20.9. The first-order chi connectivity index (χ1) is 13.9. The number of nitrogens with one attached hydrogen (secondary N) is 1. The average molecular weight is 424 g/mol. The van der Waals surface area contributed by atoms with E-state index >= 15 is 0 Å². The lowest BCUT2D eigenvalue weighted by molar-refractivity contribution is 0.0763. The van der Waals surface area contributed by atoms with E-state index in [4.69, 9.17) is 14.2 Å². The van der Waals surface area contributed by atoms with Crippen LogP contribution in [0.2, 0.25) is 0 Å². The molecule has 1 fully saturated rings. The van der Waals surface area contributed by atoms with E-state index in [0.29, 0.717) is 42.3 Å². The van der Waals surface area contributed by atoms with Gasteiger partial charge in [0.25, 0.3) is 15.9 Å². The minimum Gasteiger partial charge on any atom is -0.493 e. The highest BCUT2D eigenvalue weighted by atomic mass is 32.2. The fourth-order valence-electron chi connectivity index (χ4n) is 3.25. The highest BCUT2D eigenvalue weighted by Crippen LogP contribution is 2.38. The highest BCUT2D eigenvalue weighted by molar-refractivity contribution is 7.89. The van der Waals surface area contributed by atoms with Crippen LogP contribution in [-0.4, -0.2) is 81.0 Å². The Kier molecular flexibility index (Phi) is 6.28. The van der Waals surface area contributed by atoms with Crippen LogP contribution in [0.3, 0.4) is 0 Å². The topological polar surface area (TPSA) is 114 Å². The summed E-state index contributed by atoms with van der Waals surface area (Å²) in [6, 6.07) is 3.18. The Hall–Kier alpha value is -2.79. The first-order valence-electron chi connectivity index (χ1n) is 9.00. The summed E-state index contributed by atoms with van der Waals surface area (Å²) >= 11 is 0. The van der Waals surface area contributed by atoms with Crippen LogP contribution in [-0.2, 0) is 10.0 Å². The zero-order valence-corrected chi connectivity index (χ0v) is 17.4. The third-order valence-electron chi connectivity index (χ3n) is 4.74. The van der Waals surface area contributed by atoms with Gasteiger partial charge < -0.3 is 24.1 Å². The number of ether oxygens (including phenoxy) is 3. The summed E-state index contributed by atoms with van der Waals surface area (Å²) in [4.78, 5) is 21.1. The second-order valence-corrected chi connectivity index (χ2v) is 8.29. The summed E-state index contributed by atoms with van der Waals surface area (Å²) in [5.74, 6) is 0.936. The van der Waals surface area contributed by atoms with Gasteiger partial charge in [-0.25, -0.2) is 13.4 Å². The lowest BCUT2D eigenvalue weighted by Crippen LogP contribution is -2.37. The molecule has 29 heavy (non-hydrogen) atoms. The van der Waals surface area contributed by atoms with Crippen molar-refractivity contribution in [3.05, 3.63) is 30.2 Å². The van der Waals surface area contributed by atoms with Crippen molar-refractivity contribution in [1.29, 1.82) is 0 Å². The van der Waals surface area contributed by atoms with E-state index in [9.17, 15) is 13.2 Å². The van der Waals surface area contributed by atoms with Crippen molar-refractivity contribution in [3.63, 3.8) is 0 Å². The van der Waals surface area contributed by atoms with Crippen molar-refractivity contribution < 1.29 is 27.4 Å². The standard InChI is InChI=1S/C18H24N4O6S/c1-26-14-9-13(10-15(27-2)17(14)28-3)18(23)21-5-4-6-22(8-7-21)29(24,25)16-11-19-12-20-16/h9-12H,4-8H2,1-3H3,(H,19,20). The molecule has 0 unspecified atom stereocenters. The molecule has 0 atom stereocenters. The molecule has 1 amide bonds. The van der Waals surface area contributed by atoms with E-state index in [1.165, 1.54) is 38.2 Å². The van der Waals surface area contributed by atoms with E-state index in [0.717, 1.165) is 0 Å². The molecule has 0 bridgehead atoms. The maximum absolute atomic E-state index is 13.1. The van der Waals surface area contributed by atoms with E-state index in [1.807, 2.05) is 0 Å². The van der Waals surface area contributed by atoms with Gasteiger partial charge in [0.2, 0.25) is 5.75 Å². The number of hydrogen-bond donors (Lipinski definition) is 1. The lowest BCUT2D eigenvalue weighted by Gasteiger charge is -2.22. The minimum absolute atomic E-state index is 0.0434. The number of rotatable bonds is 6. The third-order valence-corrected chi connectivity index (χ3v) is 6.57. The zero-order valence-electron chi connectivity index (χ0n) is 16.5. The Labute approximate surface area is 169 Å². The number of benzene rings is 1. The van der Waals surface area contributed by atoms with Crippen LogP contribution in [0.15, 0.2) is 29.7 Å². The Morgan fingerprint density at radius 3 is 2.28 bits per heavy atom. The number of methoxy groups -OCH3 is 3. The minimum atomic E-state index is -3.67. The molecule has 0 radical (unpaired) electrons. The smallest absolute Gasteiger partial charge is 0.260 e. The van der Waals surface area contributed by atoms with E-state index in [-0.39, 0.29) is 24.0 Å². The van der Waals surface area contributed by atoms with Gasteiger partial charge in [0.05, 0.1) is 33.9 Å². The molecule has 2 aromatic rings. The van der Waals surface area contributed by atoms with Gasteiger partial charge in [-0.05, 0) is 18.6 Å². The Morgan fingerprint density at radius 2 is 1.72 bits per heavy atom. The van der Waals surface area contributed by atoms with Crippen LogP contribution in [0.5, 0.6) is 17.2 Å². The molecule has 1 aliphatic rings. The molecule has 1 aromatic heterocycles. The Balaban J connectivity index is 1.79. The number of carbonyl (C=O) groups is 1. The molecule has 0 saturated carbocycles. The van der Waals surface area contributed by atoms with Crippen LogP contribution < -0.4 is 14.2 Å². The van der Waals surface area contributed by atoms with E-state index in [2.05, 4.69) is 9.97 Å². The number of amides is 1. The summed E-state index contributed by atoms with van der Waals surface area (Å²) in [5.41, 5.74) is 0.379. The number of carbonyl (C=O) groups excluding carboxylic acids is 1. The van der Waals surface area contributed by atoms with Gasteiger partial charge in [-0.2, -0.15) is 4.31 Å². The first-order valence-corrected chi connectivity index (χ1v) is 10.4. The Morgan fingerprint density at radius 1 is 1.03 bits per heavy atom. The maximum atomic E-state index is 13.1. The molecular formula is C18H24N4O6S. The van der Waals surface area contributed by atoms with Gasteiger partial charge in [0, 0.05) is 31.7 Å². The summed E-state index contributed by atoms with van der Waals surface area (Å²) in [7, 11) is 0.790. The van der Waals surface area contributed by atoms with Gasteiger partial charge in [-0.1, -0.05) is 0 Å². The zero-order chi connectivity index (χ0) is 21.0. The molecule has 1 aromatic carbocycles. The monoisotopic (exact) mass is 424 g/mol. The van der Waals surface area contributed by atoms with Crippen molar-refractivity contribution >= 4 is 15.9 Å². The fraction of sp³-hybridized carbons (Fsp3) is 0.444. The number of aromatic amines is 1. The SMILES string of the molecule is COc1cc(C(=O)N2CCCN(S(=O)(=O)c3cnc[nH]3)CC2)cc(OC)c1OC. The second kappa shape index (κ2) is 8.70. The van der Waals surface area contributed by atoms with Crippen molar-refractivity contribution in [2.45, 2.75) is 11.4 Å². The fourth-order valence-corrected chi connectivity index (χ4v) is 4.61. The van der Waals surface area contributed by atoms with Crippen molar-refractivity contribution in [3.8, 4) is 17.2 Å². The lowest BCUT2D eigenvalue weighted by atomic mass is 10.1. The van der Waals surface area contributed by atoms with Crippen molar-refractivity contribution in [2.24, 2.45) is 0 Å². The molecule has 2 heterocycles. The van der Waals surface area contributed by atoms with Gasteiger partial charge in [-0.3, -0.25) is 4.79 Å². The molecule has 1 saturated heterocycles. The number of sulfonamides is 1. The number of nitrogens with zero attached hydrogens (tertiary/aromatic N) is 3.